The number of amides is 1. The van der Waals surface area contributed by atoms with Crippen molar-refractivity contribution in [1.29, 1.82) is 0 Å². The van der Waals surface area contributed by atoms with Crippen molar-refractivity contribution in [2.24, 2.45) is 0 Å². The number of nitrogens with one attached hydrogen (secondary N) is 1. The standard InChI is InChI=1S/C7H11NO2/c1-4(9)8-5-2-3-6-7(5)10-6/h5-7H,2-3H2,1H3,(H,8,9)/t5-,6+,7-/m0/s1. The predicted molar refractivity (Wildman–Crippen MR) is 35.5 cm³/mol. The lowest BCUT2D eigenvalue weighted by molar-refractivity contribution is -0.119. The van der Waals surface area contributed by atoms with E-state index in [0.717, 1.165) is 12.8 Å². The quantitative estimate of drug-likeness (QED) is 0.524. The summed E-state index contributed by atoms with van der Waals surface area (Å²) in [5.41, 5.74) is 0. The fourth-order valence-electron chi connectivity index (χ4n) is 1.67. The van der Waals surface area contributed by atoms with Crippen LogP contribution in [0.5, 0.6) is 0 Å². The summed E-state index contributed by atoms with van der Waals surface area (Å²) >= 11 is 0. The van der Waals surface area contributed by atoms with Crippen LogP contribution in [-0.4, -0.2) is 24.2 Å². The zero-order valence-corrected chi connectivity index (χ0v) is 5.96. The average Bonchev–Trinajstić information content (AvgIpc) is 2.52. The SMILES string of the molecule is CC(=O)N[C@H]1CC[C@H]2O[C@@H]12. The summed E-state index contributed by atoms with van der Waals surface area (Å²) in [7, 11) is 0. The molecule has 1 saturated carbocycles. The summed E-state index contributed by atoms with van der Waals surface area (Å²) in [5, 5.41) is 2.87. The van der Waals surface area contributed by atoms with Crippen molar-refractivity contribution in [3.05, 3.63) is 0 Å². The molecular formula is C7H11NO2. The lowest BCUT2D eigenvalue weighted by Crippen LogP contribution is -2.35. The maximum absolute atomic E-state index is 10.6. The van der Waals surface area contributed by atoms with Gasteiger partial charge in [0.15, 0.2) is 0 Å². The molecule has 1 heterocycles. The maximum Gasteiger partial charge on any atom is 0.217 e. The van der Waals surface area contributed by atoms with E-state index in [2.05, 4.69) is 5.32 Å². The van der Waals surface area contributed by atoms with Gasteiger partial charge in [0.05, 0.1) is 12.1 Å². The molecule has 0 aromatic rings. The molecule has 1 aliphatic carbocycles. The first-order chi connectivity index (χ1) is 4.77. The fraction of sp³-hybridized carbons (Fsp3) is 0.857. The minimum atomic E-state index is 0.0566. The Morgan fingerprint density at radius 1 is 1.60 bits per heavy atom. The Morgan fingerprint density at radius 2 is 2.40 bits per heavy atom. The van der Waals surface area contributed by atoms with Gasteiger partial charge in [0.1, 0.15) is 6.10 Å². The third kappa shape index (κ3) is 0.904. The summed E-state index contributed by atoms with van der Waals surface area (Å²) in [4.78, 5) is 10.6. The van der Waals surface area contributed by atoms with Gasteiger partial charge >= 0.3 is 0 Å². The molecule has 1 aliphatic heterocycles. The lowest BCUT2D eigenvalue weighted by atomic mass is 10.2. The zero-order chi connectivity index (χ0) is 7.14. The number of carbonyl (C=O) groups excluding carboxylic acids is 1. The van der Waals surface area contributed by atoms with Crippen LogP contribution in [0.2, 0.25) is 0 Å². The number of carbonyl (C=O) groups is 1. The van der Waals surface area contributed by atoms with E-state index in [1.807, 2.05) is 0 Å². The molecule has 3 atom stereocenters. The summed E-state index contributed by atoms with van der Waals surface area (Å²) in [5.74, 6) is 0.0566. The molecule has 0 spiro atoms. The van der Waals surface area contributed by atoms with Crippen molar-refractivity contribution in [3.8, 4) is 0 Å². The Hall–Kier alpha value is -0.570. The Kier molecular flexibility index (Phi) is 1.20. The van der Waals surface area contributed by atoms with Gasteiger partial charge in [0, 0.05) is 6.92 Å². The third-order valence-corrected chi connectivity index (χ3v) is 2.17. The van der Waals surface area contributed by atoms with Crippen molar-refractivity contribution in [2.45, 2.75) is 38.0 Å². The average molecular weight is 141 g/mol. The molecule has 1 saturated heterocycles. The summed E-state index contributed by atoms with van der Waals surface area (Å²) in [6.07, 6.45) is 3.03. The van der Waals surface area contributed by atoms with Gasteiger partial charge in [-0.3, -0.25) is 4.79 Å². The fourth-order valence-corrected chi connectivity index (χ4v) is 1.67. The number of ether oxygens (including phenoxy) is 1. The van der Waals surface area contributed by atoms with E-state index in [4.69, 9.17) is 4.74 Å². The second kappa shape index (κ2) is 1.95. The third-order valence-electron chi connectivity index (χ3n) is 2.17. The summed E-state index contributed by atoms with van der Waals surface area (Å²) < 4.78 is 5.25. The number of epoxide rings is 1. The summed E-state index contributed by atoms with van der Waals surface area (Å²) in [6, 6.07) is 0.308. The molecule has 2 aliphatic rings. The van der Waals surface area contributed by atoms with Crippen LogP contribution in [0.25, 0.3) is 0 Å². The molecule has 10 heavy (non-hydrogen) atoms. The van der Waals surface area contributed by atoms with Gasteiger partial charge in [-0.25, -0.2) is 0 Å². The second-order valence-corrected chi connectivity index (χ2v) is 3.02. The van der Waals surface area contributed by atoms with Crippen LogP contribution < -0.4 is 5.32 Å². The smallest absolute Gasteiger partial charge is 0.217 e. The van der Waals surface area contributed by atoms with Crippen LogP contribution in [0.3, 0.4) is 0 Å². The molecule has 3 heteroatoms. The first-order valence-electron chi connectivity index (χ1n) is 3.70. The molecular weight excluding hydrogens is 130 g/mol. The Morgan fingerprint density at radius 3 is 2.80 bits per heavy atom. The molecule has 0 bridgehead atoms. The predicted octanol–water partition coefficient (Wildman–Crippen LogP) is 0.0523. The van der Waals surface area contributed by atoms with E-state index in [0.29, 0.717) is 18.2 Å². The normalized spacial score (nSPS) is 42.7. The van der Waals surface area contributed by atoms with Crippen LogP contribution in [0, 0.1) is 0 Å². The molecule has 0 aromatic heterocycles. The van der Waals surface area contributed by atoms with Crippen LogP contribution in [0.1, 0.15) is 19.8 Å². The zero-order valence-electron chi connectivity index (χ0n) is 5.96. The van der Waals surface area contributed by atoms with Crippen molar-refractivity contribution in [3.63, 3.8) is 0 Å². The number of hydrogen-bond acceptors (Lipinski definition) is 2. The molecule has 1 amide bonds. The van der Waals surface area contributed by atoms with Crippen LogP contribution in [-0.2, 0) is 9.53 Å². The van der Waals surface area contributed by atoms with Crippen molar-refractivity contribution >= 4 is 5.91 Å². The minimum Gasteiger partial charge on any atom is -0.367 e. The van der Waals surface area contributed by atoms with E-state index in [1.54, 1.807) is 6.92 Å². The van der Waals surface area contributed by atoms with Crippen LogP contribution >= 0.6 is 0 Å². The van der Waals surface area contributed by atoms with Gasteiger partial charge in [0.2, 0.25) is 5.91 Å². The Bertz CT molecular complexity index is 169. The molecule has 1 N–H and O–H groups in total. The molecule has 0 unspecified atom stereocenters. The monoisotopic (exact) mass is 141 g/mol. The van der Waals surface area contributed by atoms with Crippen LogP contribution in [0.15, 0.2) is 0 Å². The number of rotatable bonds is 1. The highest BCUT2D eigenvalue weighted by Gasteiger charge is 2.50. The largest absolute Gasteiger partial charge is 0.367 e. The van der Waals surface area contributed by atoms with E-state index in [1.165, 1.54) is 0 Å². The van der Waals surface area contributed by atoms with Crippen molar-refractivity contribution in [1.82, 2.24) is 5.32 Å². The van der Waals surface area contributed by atoms with Gasteiger partial charge in [-0.05, 0) is 12.8 Å². The molecule has 0 radical (unpaired) electrons. The van der Waals surface area contributed by atoms with Gasteiger partial charge in [0.25, 0.3) is 0 Å². The summed E-state index contributed by atoms with van der Waals surface area (Å²) in [6.45, 7) is 1.55. The molecule has 2 rings (SSSR count). The van der Waals surface area contributed by atoms with E-state index in [9.17, 15) is 4.79 Å². The van der Waals surface area contributed by atoms with E-state index < -0.39 is 0 Å². The van der Waals surface area contributed by atoms with Gasteiger partial charge < -0.3 is 10.1 Å². The van der Waals surface area contributed by atoms with Crippen LogP contribution in [0.4, 0.5) is 0 Å². The topological polar surface area (TPSA) is 41.6 Å². The van der Waals surface area contributed by atoms with Gasteiger partial charge in [-0.2, -0.15) is 0 Å². The lowest BCUT2D eigenvalue weighted by Gasteiger charge is -2.09. The highest BCUT2D eigenvalue weighted by molar-refractivity contribution is 5.73. The minimum absolute atomic E-state index is 0.0566. The second-order valence-electron chi connectivity index (χ2n) is 3.02. The van der Waals surface area contributed by atoms with E-state index >= 15 is 0 Å². The number of hydrogen-bond donors (Lipinski definition) is 1. The van der Waals surface area contributed by atoms with Crippen molar-refractivity contribution in [2.75, 3.05) is 0 Å². The van der Waals surface area contributed by atoms with Crippen molar-refractivity contribution < 1.29 is 9.53 Å². The molecule has 2 fully saturated rings. The number of fused-ring (bicyclic) bond motifs is 1. The highest BCUT2D eigenvalue weighted by Crippen LogP contribution is 2.38. The highest BCUT2D eigenvalue weighted by atomic mass is 16.6. The Balaban J connectivity index is 1.88. The molecule has 0 aromatic carbocycles. The first-order valence-corrected chi connectivity index (χ1v) is 3.70. The Labute approximate surface area is 59.7 Å². The maximum atomic E-state index is 10.6. The molecule has 56 valence electrons. The van der Waals surface area contributed by atoms with Gasteiger partial charge in [-0.1, -0.05) is 0 Å². The van der Waals surface area contributed by atoms with E-state index in [-0.39, 0.29) is 5.91 Å². The van der Waals surface area contributed by atoms with Gasteiger partial charge in [-0.15, -0.1) is 0 Å². The first kappa shape index (κ1) is 6.16. The molecule has 3 nitrogen and oxygen atoms in total.